The predicted octanol–water partition coefficient (Wildman–Crippen LogP) is 2.17. The molecule has 1 aliphatic heterocycles. The van der Waals surface area contributed by atoms with Crippen LogP contribution in [0, 0.1) is 0 Å². The fraction of sp³-hybridized carbons (Fsp3) is 0.478. The van der Waals surface area contributed by atoms with Crippen LogP contribution in [0.5, 0.6) is 0 Å². The zero-order valence-electron chi connectivity index (χ0n) is 19.1. The Bertz CT molecular complexity index is 1250. The number of aromatic nitrogens is 4. The van der Waals surface area contributed by atoms with Gasteiger partial charge < -0.3 is 20.5 Å². The van der Waals surface area contributed by atoms with E-state index < -0.39 is 0 Å². The van der Waals surface area contributed by atoms with E-state index >= 15 is 0 Å². The van der Waals surface area contributed by atoms with Crippen LogP contribution >= 0.6 is 0 Å². The molecule has 1 amide bonds. The summed E-state index contributed by atoms with van der Waals surface area (Å²) >= 11 is 0. The SMILES string of the molecule is CNc1cc(Nc2cccn([C@@H]3CCCN(CCF)C3)c2=O)nc2c(C(=O)NC3CC3)cnn12. The van der Waals surface area contributed by atoms with Gasteiger partial charge in [0.15, 0.2) is 5.65 Å². The third-order valence-electron chi connectivity index (χ3n) is 6.40. The third kappa shape index (κ3) is 4.47. The lowest BCUT2D eigenvalue weighted by molar-refractivity contribution is 0.0952. The number of halogens is 1. The highest BCUT2D eigenvalue weighted by molar-refractivity contribution is 6.00. The molecule has 1 saturated carbocycles. The molecular formula is C23H29FN8O2. The molecule has 5 rings (SSSR count). The molecule has 0 aromatic carbocycles. The van der Waals surface area contributed by atoms with Crippen LogP contribution in [0.25, 0.3) is 5.65 Å². The smallest absolute Gasteiger partial charge is 0.274 e. The van der Waals surface area contributed by atoms with Gasteiger partial charge in [0.25, 0.3) is 11.5 Å². The van der Waals surface area contributed by atoms with Crippen molar-refractivity contribution in [2.75, 3.05) is 44.0 Å². The van der Waals surface area contributed by atoms with Gasteiger partial charge in [0.1, 0.15) is 29.6 Å². The molecule has 11 heteroatoms. The maximum Gasteiger partial charge on any atom is 0.274 e. The van der Waals surface area contributed by atoms with Gasteiger partial charge in [-0.05, 0) is 44.4 Å². The Hall–Kier alpha value is -3.47. The summed E-state index contributed by atoms with van der Waals surface area (Å²) in [6.07, 6.45) is 7.05. The van der Waals surface area contributed by atoms with E-state index in [1.54, 1.807) is 34.5 Å². The highest BCUT2D eigenvalue weighted by atomic mass is 19.1. The van der Waals surface area contributed by atoms with Crippen LogP contribution in [0.1, 0.15) is 42.1 Å². The summed E-state index contributed by atoms with van der Waals surface area (Å²) in [7, 11) is 1.76. The van der Waals surface area contributed by atoms with Crippen molar-refractivity contribution < 1.29 is 9.18 Å². The molecule has 3 aromatic heterocycles. The Morgan fingerprint density at radius 2 is 2.15 bits per heavy atom. The summed E-state index contributed by atoms with van der Waals surface area (Å²) in [5.74, 6) is 0.847. The van der Waals surface area contributed by atoms with Crippen molar-refractivity contribution in [2.24, 2.45) is 0 Å². The molecule has 3 N–H and O–H groups in total. The lowest BCUT2D eigenvalue weighted by atomic mass is 10.1. The van der Waals surface area contributed by atoms with Crippen molar-refractivity contribution in [1.82, 2.24) is 29.4 Å². The molecule has 3 aromatic rings. The summed E-state index contributed by atoms with van der Waals surface area (Å²) < 4.78 is 16.1. The van der Waals surface area contributed by atoms with Crippen molar-refractivity contribution in [3.8, 4) is 0 Å². The maximum absolute atomic E-state index is 13.3. The van der Waals surface area contributed by atoms with Crippen molar-refractivity contribution in [2.45, 2.75) is 37.8 Å². The molecule has 0 spiro atoms. The van der Waals surface area contributed by atoms with Crippen LogP contribution in [-0.2, 0) is 0 Å². The molecule has 0 unspecified atom stereocenters. The molecule has 1 aliphatic carbocycles. The number of nitrogens with one attached hydrogen (secondary N) is 3. The first kappa shape index (κ1) is 22.3. The first-order valence-electron chi connectivity index (χ1n) is 11.7. The molecule has 2 aliphatic rings. The number of fused-ring (bicyclic) bond motifs is 1. The molecule has 2 fully saturated rings. The fourth-order valence-corrected chi connectivity index (χ4v) is 4.47. The number of pyridine rings is 1. The molecule has 0 radical (unpaired) electrons. The molecule has 34 heavy (non-hydrogen) atoms. The Kier molecular flexibility index (Phi) is 6.18. The average Bonchev–Trinajstić information content (AvgIpc) is 3.55. The minimum absolute atomic E-state index is 0.00888. The standard InChI is InChI=1S/C23H29FN8O2/c1-25-20-12-19(29-21-17(13-26-32(20)21)22(33)27-15-6-7-15)28-18-5-3-10-31(23(18)34)16-4-2-9-30(14-16)11-8-24/h3,5,10,12-13,15-16,25H,2,4,6-9,11,14H2,1H3,(H,27,33)(H,28,29)/t16-/m1/s1. The summed E-state index contributed by atoms with van der Waals surface area (Å²) in [5, 5.41) is 13.5. The summed E-state index contributed by atoms with van der Waals surface area (Å²) in [6.45, 7) is 1.50. The zero-order valence-corrected chi connectivity index (χ0v) is 19.1. The van der Waals surface area contributed by atoms with Crippen LogP contribution in [0.2, 0.25) is 0 Å². The molecule has 0 bridgehead atoms. The lowest BCUT2D eigenvalue weighted by Crippen LogP contribution is -2.40. The Morgan fingerprint density at radius 1 is 1.29 bits per heavy atom. The lowest BCUT2D eigenvalue weighted by Gasteiger charge is -2.33. The second-order valence-electron chi connectivity index (χ2n) is 8.86. The number of amides is 1. The first-order chi connectivity index (χ1) is 16.6. The highest BCUT2D eigenvalue weighted by Gasteiger charge is 2.26. The van der Waals surface area contributed by atoms with Crippen molar-refractivity contribution >= 4 is 28.9 Å². The van der Waals surface area contributed by atoms with E-state index in [1.807, 2.05) is 6.07 Å². The van der Waals surface area contributed by atoms with Gasteiger partial charge in [-0.1, -0.05) is 0 Å². The molecule has 1 atom stereocenters. The number of carbonyl (C=O) groups excluding carboxylic acids is 1. The predicted molar refractivity (Wildman–Crippen MR) is 128 cm³/mol. The number of rotatable bonds is 8. The van der Waals surface area contributed by atoms with Gasteiger partial charge in [-0.25, -0.2) is 9.37 Å². The first-order valence-corrected chi connectivity index (χ1v) is 11.7. The number of piperidine rings is 1. The summed E-state index contributed by atoms with van der Waals surface area (Å²) in [6, 6.07) is 5.48. The van der Waals surface area contributed by atoms with E-state index in [4.69, 9.17) is 0 Å². The molecule has 4 heterocycles. The zero-order chi connectivity index (χ0) is 23.7. The van der Waals surface area contributed by atoms with Gasteiger partial charge in [-0.2, -0.15) is 9.61 Å². The number of likely N-dealkylation sites (tertiary alicyclic amines) is 1. The Morgan fingerprint density at radius 3 is 2.91 bits per heavy atom. The fourth-order valence-electron chi connectivity index (χ4n) is 4.47. The number of anilines is 3. The molecule has 10 nitrogen and oxygen atoms in total. The third-order valence-corrected chi connectivity index (χ3v) is 6.40. The van der Waals surface area contributed by atoms with Gasteiger partial charge in [0.05, 0.1) is 6.20 Å². The van der Waals surface area contributed by atoms with E-state index in [2.05, 4.69) is 30.9 Å². The van der Waals surface area contributed by atoms with Gasteiger partial charge >= 0.3 is 0 Å². The summed E-state index contributed by atoms with van der Waals surface area (Å²) in [5.41, 5.74) is 1.00. The normalized spacial score (nSPS) is 18.7. The molecular weight excluding hydrogens is 439 g/mol. The Labute approximate surface area is 196 Å². The van der Waals surface area contributed by atoms with E-state index in [-0.39, 0.29) is 30.2 Å². The number of alkyl halides is 1. The van der Waals surface area contributed by atoms with Crippen LogP contribution < -0.4 is 21.5 Å². The minimum atomic E-state index is -0.388. The number of hydrogen-bond donors (Lipinski definition) is 3. The van der Waals surface area contributed by atoms with Gasteiger partial charge in [0.2, 0.25) is 0 Å². The summed E-state index contributed by atoms with van der Waals surface area (Å²) in [4.78, 5) is 32.6. The van der Waals surface area contributed by atoms with Gasteiger partial charge in [-0.3, -0.25) is 14.5 Å². The van der Waals surface area contributed by atoms with Crippen LogP contribution in [0.4, 0.5) is 21.7 Å². The largest absolute Gasteiger partial charge is 0.373 e. The van der Waals surface area contributed by atoms with Crippen LogP contribution in [-0.4, -0.2) is 69.4 Å². The van der Waals surface area contributed by atoms with Crippen molar-refractivity contribution in [3.63, 3.8) is 0 Å². The number of carbonyl (C=O) groups is 1. The topological polar surface area (TPSA) is 109 Å². The number of hydrogen-bond acceptors (Lipinski definition) is 7. The van der Waals surface area contributed by atoms with Crippen molar-refractivity contribution in [3.05, 3.63) is 46.5 Å². The monoisotopic (exact) mass is 468 g/mol. The van der Waals surface area contributed by atoms with E-state index in [1.165, 1.54) is 6.20 Å². The highest BCUT2D eigenvalue weighted by Crippen LogP contribution is 2.24. The quantitative estimate of drug-likeness (QED) is 0.465. The van der Waals surface area contributed by atoms with E-state index in [9.17, 15) is 14.0 Å². The van der Waals surface area contributed by atoms with Crippen LogP contribution in [0.3, 0.4) is 0 Å². The second kappa shape index (κ2) is 9.41. The number of nitrogens with zero attached hydrogens (tertiary/aromatic N) is 5. The maximum atomic E-state index is 13.3. The minimum Gasteiger partial charge on any atom is -0.373 e. The van der Waals surface area contributed by atoms with Crippen molar-refractivity contribution in [1.29, 1.82) is 0 Å². The van der Waals surface area contributed by atoms with Gasteiger partial charge in [-0.15, -0.1) is 0 Å². The van der Waals surface area contributed by atoms with Gasteiger partial charge in [0, 0.05) is 44.5 Å². The molecule has 180 valence electrons. The molecule has 1 saturated heterocycles. The Balaban J connectivity index is 1.44. The van der Waals surface area contributed by atoms with E-state index in [0.29, 0.717) is 41.6 Å². The van der Waals surface area contributed by atoms with E-state index in [0.717, 1.165) is 32.2 Å². The van der Waals surface area contributed by atoms with Crippen LogP contribution in [0.15, 0.2) is 35.4 Å². The second-order valence-corrected chi connectivity index (χ2v) is 8.86. The average molecular weight is 469 g/mol.